The molecule has 0 aliphatic rings. The lowest BCUT2D eigenvalue weighted by atomic mass is 10.7. The zero-order valence-electron chi connectivity index (χ0n) is 5.62. The fourth-order valence-corrected chi connectivity index (χ4v) is 0.274. The molecule has 0 heterocycles. The highest BCUT2D eigenvalue weighted by atomic mass is 16.7. The summed E-state index contributed by atoms with van der Waals surface area (Å²) in [4.78, 5) is 20.4. The highest BCUT2D eigenvalue weighted by Gasteiger charge is 2.04. The molecule has 0 aromatic heterocycles. The van der Waals surface area contributed by atoms with Gasteiger partial charge in [-0.15, -0.1) is 0 Å². The number of carbonyl (C=O) groups excluding carboxylic acids is 2. The second-order valence-electron chi connectivity index (χ2n) is 1.44. The topological polar surface area (TPSA) is 52.6 Å². The maximum absolute atomic E-state index is 10.3. The Balaban J connectivity index is 3.43. The third-order valence-electron chi connectivity index (χ3n) is 0.546. The Morgan fingerprint density at radius 2 is 2.20 bits per heavy atom. The van der Waals surface area contributed by atoms with Gasteiger partial charge in [0.15, 0.2) is 0 Å². The molecule has 0 aliphatic carbocycles. The average Bonchev–Trinajstić information content (AvgIpc) is 1.82. The van der Waals surface area contributed by atoms with E-state index in [9.17, 15) is 9.59 Å². The maximum atomic E-state index is 10.3. The normalized spacial score (nSPS) is 8.10. The Bertz CT molecular complexity index is 150. The van der Waals surface area contributed by atoms with Crippen LogP contribution in [0.4, 0.5) is 4.79 Å². The van der Waals surface area contributed by atoms with Crippen LogP contribution in [0.15, 0.2) is 12.7 Å². The number of hydrogen-bond acceptors (Lipinski definition) is 4. The summed E-state index contributed by atoms with van der Waals surface area (Å²) in [5, 5.41) is 0. The maximum Gasteiger partial charge on any atom is 0.516 e. The van der Waals surface area contributed by atoms with E-state index in [1.807, 2.05) is 0 Å². The Kier molecular flexibility index (Phi) is 3.95. The highest BCUT2D eigenvalue weighted by molar-refractivity contribution is 5.79. The van der Waals surface area contributed by atoms with E-state index in [0.717, 1.165) is 6.92 Å². The molecule has 0 N–H and O–H groups in total. The lowest BCUT2D eigenvalue weighted by Gasteiger charge is -1.97. The average molecular weight is 144 g/mol. The van der Waals surface area contributed by atoms with E-state index in [2.05, 4.69) is 16.1 Å². The third kappa shape index (κ3) is 4.83. The van der Waals surface area contributed by atoms with Crippen molar-refractivity contribution in [1.82, 2.24) is 0 Å². The van der Waals surface area contributed by atoms with E-state index in [-0.39, 0.29) is 6.61 Å². The van der Waals surface area contributed by atoms with Gasteiger partial charge in [0.05, 0.1) is 0 Å². The summed E-state index contributed by atoms with van der Waals surface area (Å²) < 4.78 is 8.31. The van der Waals surface area contributed by atoms with Crippen molar-refractivity contribution >= 4 is 12.1 Å². The second-order valence-corrected chi connectivity index (χ2v) is 1.44. The van der Waals surface area contributed by atoms with Crippen molar-refractivity contribution in [2.24, 2.45) is 0 Å². The molecule has 4 heteroatoms. The van der Waals surface area contributed by atoms with Gasteiger partial charge in [-0.3, -0.25) is 4.79 Å². The molecule has 0 atom stereocenters. The van der Waals surface area contributed by atoms with Gasteiger partial charge < -0.3 is 9.47 Å². The van der Waals surface area contributed by atoms with E-state index in [1.54, 1.807) is 0 Å². The van der Waals surface area contributed by atoms with Crippen molar-refractivity contribution in [2.45, 2.75) is 6.92 Å². The minimum atomic E-state index is -0.993. The van der Waals surface area contributed by atoms with Crippen LogP contribution in [-0.2, 0) is 14.3 Å². The molecule has 0 saturated heterocycles. The molecule has 0 rings (SSSR count). The van der Waals surface area contributed by atoms with E-state index < -0.39 is 12.1 Å². The molecule has 0 bridgehead atoms. The monoisotopic (exact) mass is 144 g/mol. The summed E-state index contributed by atoms with van der Waals surface area (Å²) >= 11 is 0. The van der Waals surface area contributed by atoms with Crippen LogP contribution in [0, 0.1) is 0 Å². The van der Waals surface area contributed by atoms with E-state index in [4.69, 9.17) is 0 Å². The standard InChI is InChI=1S/C6H8O4/c1-3-4-9-6(8)10-5(2)7/h3H,1,4H2,2H3. The summed E-state index contributed by atoms with van der Waals surface area (Å²) in [5.41, 5.74) is 0. The number of hydrogen-bond donors (Lipinski definition) is 0. The summed E-state index contributed by atoms with van der Waals surface area (Å²) in [5.74, 6) is -0.686. The highest BCUT2D eigenvalue weighted by Crippen LogP contribution is 1.85. The SMILES string of the molecule is C=CCOC(=O)OC(C)=O. The van der Waals surface area contributed by atoms with Gasteiger partial charge in [0.25, 0.3) is 0 Å². The first-order chi connectivity index (χ1) is 4.66. The van der Waals surface area contributed by atoms with Crippen molar-refractivity contribution < 1.29 is 19.1 Å². The largest absolute Gasteiger partial charge is 0.516 e. The molecular weight excluding hydrogens is 136 g/mol. The molecule has 0 spiro atoms. The van der Waals surface area contributed by atoms with Gasteiger partial charge in [-0.1, -0.05) is 12.7 Å². The van der Waals surface area contributed by atoms with Crippen molar-refractivity contribution in [3.63, 3.8) is 0 Å². The fourth-order valence-electron chi connectivity index (χ4n) is 0.274. The number of ether oxygens (including phenoxy) is 2. The van der Waals surface area contributed by atoms with Crippen LogP contribution >= 0.6 is 0 Å². The van der Waals surface area contributed by atoms with Crippen LogP contribution in [0.1, 0.15) is 6.92 Å². The van der Waals surface area contributed by atoms with Crippen LogP contribution in [0.5, 0.6) is 0 Å². The molecule has 0 aromatic carbocycles. The molecule has 10 heavy (non-hydrogen) atoms. The van der Waals surface area contributed by atoms with Crippen LogP contribution in [0.25, 0.3) is 0 Å². The van der Waals surface area contributed by atoms with Crippen molar-refractivity contribution in [3.05, 3.63) is 12.7 Å². The summed E-state index contributed by atoms with van der Waals surface area (Å²) in [6.45, 7) is 4.46. The minimum absolute atomic E-state index is 0.0477. The summed E-state index contributed by atoms with van der Waals surface area (Å²) in [7, 11) is 0. The molecule has 0 aliphatic heterocycles. The minimum Gasteiger partial charge on any atom is -0.430 e. The van der Waals surface area contributed by atoms with Gasteiger partial charge in [-0.05, 0) is 0 Å². The van der Waals surface area contributed by atoms with Crippen molar-refractivity contribution in [3.8, 4) is 0 Å². The first-order valence-electron chi connectivity index (χ1n) is 2.63. The summed E-state index contributed by atoms with van der Waals surface area (Å²) in [6, 6.07) is 0. The van der Waals surface area contributed by atoms with Crippen LogP contribution in [0.3, 0.4) is 0 Å². The van der Waals surface area contributed by atoms with Gasteiger partial charge in [0.1, 0.15) is 6.61 Å². The number of rotatable bonds is 2. The van der Waals surface area contributed by atoms with Crippen molar-refractivity contribution in [2.75, 3.05) is 6.61 Å². The number of esters is 1. The van der Waals surface area contributed by atoms with Gasteiger partial charge >= 0.3 is 12.1 Å². The van der Waals surface area contributed by atoms with E-state index >= 15 is 0 Å². The predicted molar refractivity (Wildman–Crippen MR) is 33.3 cm³/mol. The van der Waals surface area contributed by atoms with E-state index in [0.29, 0.717) is 0 Å². The zero-order chi connectivity index (χ0) is 7.98. The molecule has 0 radical (unpaired) electrons. The van der Waals surface area contributed by atoms with Crippen LogP contribution in [-0.4, -0.2) is 18.7 Å². The molecule has 0 saturated carbocycles. The quantitative estimate of drug-likeness (QED) is 0.328. The van der Waals surface area contributed by atoms with Gasteiger partial charge in [0, 0.05) is 6.92 Å². The Morgan fingerprint density at radius 1 is 1.60 bits per heavy atom. The first-order valence-corrected chi connectivity index (χ1v) is 2.63. The lowest BCUT2D eigenvalue weighted by molar-refractivity contribution is -0.137. The first kappa shape index (κ1) is 8.68. The second kappa shape index (κ2) is 4.55. The molecule has 0 fully saturated rings. The van der Waals surface area contributed by atoms with Crippen LogP contribution in [0.2, 0.25) is 0 Å². The number of carbonyl (C=O) groups is 2. The van der Waals surface area contributed by atoms with E-state index in [1.165, 1.54) is 6.08 Å². The molecule has 0 unspecified atom stereocenters. The lowest BCUT2D eigenvalue weighted by Crippen LogP contribution is -2.10. The summed E-state index contributed by atoms with van der Waals surface area (Å²) in [6.07, 6.45) is 0.383. The van der Waals surface area contributed by atoms with Crippen molar-refractivity contribution in [1.29, 1.82) is 0 Å². The molecule has 0 aromatic rings. The smallest absolute Gasteiger partial charge is 0.430 e. The third-order valence-corrected chi connectivity index (χ3v) is 0.546. The molecule has 0 amide bonds. The molecule has 4 nitrogen and oxygen atoms in total. The Labute approximate surface area is 58.4 Å². The van der Waals surface area contributed by atoms with Gasteiger partial charge in [-0.25, -0.2) is 4.79 Å². The molecule has 56 valence electrons. The van der Waals surface area contributed by atoms with Crippen LogP contribution < -0.4 is 0 Å². The predicted octanol–water partition coefficient (Wildman–Crippen LogP) is 0.872. The molecular formula is C6H8O4. The Hall–Kier alpha value is -1.32. The zero-order valence-corrected chi connectivity index (χ0v) is 5.62. The van der Waals surface area contributed by atoms with Gasteiger partial charge in [-0.2, -0.15) is 0 Å². The van der Waals surface area contributed by atoms with Gasteiger partial charge in [0.2, 0.25) is 0 Å². The Morgan fingerprint density at radius 3 is 2.60 bits per heavy atom. The fraction of sp³-hybridized carbons (Fsp3) is 0.333.